The lowest BCUT2D eigenvalue weighted by Gasteiger charge is -2.47. The number of hydroxylamine groups is 1. The number of aryl methyl sites for hydroxylation is 1. The van der Waals surface area contributed by atoms with E-state index in [0.717, 1.165) is 29.2 Å². The number of amidine groups is 1. The first-order chi connectivity index (χ1) is 10.8. The Bertz CT molecular complexity index is 774. The van der Waals surface area contributed by atoms with Crippen LogP contribution in [0.1, 0.15) is 18.7 Å². The number of aliphatic imine (C=N–C) groups is 1. The van der Waals surface area contributed by atoms with Crippen molar-refractivity contribution >= 4 is 16.9 Å². The highest BCUT2D eigenvalue weighted by Gasteiger charge is 2.51. The van der Waals surface area contributed by atoms with Crippen molar-refractivity contribution in [2.24, 2.45) is 18.0 Å². The Morgan fingerprint density at radius 3 is 2.82 bits per heavy atom. The predicted molar refractivity (Wildman–Crippen MR) is 83.4 cm³/mol. The molecule has 22 heavy (non-hydrogen) atoms. The zero-order valence-electron chi connectivity index (χ0n) is 12.6. The van der Waals surface area contributed by atoms with Crippen molar-refractivity contribution in [1.82, 2.24) is 19.9 Å². The van der Waals surface area contributed by atoms with Crippen LogP contribution < -0.4 is 5.48 Å². The van der Waals surface area contributed by atoms with E-state index in [1.165, 1.54) is 25.9 Å². The van der Waals surface area contributed by atoms with Crippen LogP contribution in [0.15, 0.2) is 29.3 Å². The molecule has 6 nitrogen and oxygen atoms in total. The smallest absolute Gasteiger partial charge is 0.203 e. The van der Waals surface area contributed by atoms with E-state index < -0.39 is 5.72 Å². The quantitative estimate of drug-likeness (QED) is 0.861. The number of para-hydroxylation sites is 2. The Morgan fingerprint density at radius 1 is 1.27 bits per heavy atom. The summed E-state index contributed by atoms with van der Waals surface area (Å²) in [5.74, 6) is 2.11. The molecule has 3 saturated heterocycles. The lowest BCUT2D eigenvalue weighted by Crippen LogP contribution is -2.58. The molecule has 0 radical (unpaired) electrons. The zero-order chi connectivity index (χ0) is 14.7. The maximum absolute atomic E-state index is 5.98. The van der Waals surface area contributed by atoms with Gasteiger partial charge < -0.3 is 4.57 Å². The van der Waals surface area contributed by atoms with Gasteiger partial charge in [0, 0.05) is 13.0 Å². The average molecular weight is 297 g/mol. The van der Waals surface area contributed by atoms with Crippen LogP contribution in [0.2, 0.25) is 0 Å². The van der Waals surface area contributed by atoms with E-state index in [1.54, 1.807) is 0 Å². The molecule has 2 bridgehead atoms. The summed E-state index contributed by atoms with van der Waals surface area (Å²) in [7, 11) is 2.02. The summed E-state index contributed by atoms with van der Waals surface area (Å²) in [6.07, 6.45) is 2.34. The van der Waals surface area contributed by atoms with E-state index >= 15 is 0 Å². The Hall–Kier alpha value is -1.92. The molecule has 1 spiro atoms. The van der Waals surface area contributed by atoms with Crippen LogP contribution in [-0.2, 0) is 11.9 Å². The molecule has 0 amide bonds. The van der Waals surface area contributed by atoms with Crippen molar-refractivity contribution < 1.29 is 4.84 Å². The number of aromatic nitrogens is 2. The highest BCUT2D eigenvalue weighted by Crippen LogP contribution is 2.40. The van der Waals surface area contributed by atoms with Crippen LogP contribution in [0, 0.1) is 5.92 Å². The standard InChI is InChI=1S/C16H19N5O/c1-20-13-5-3-2-4-12(13)17-15(20)14-18-16(22-19-14)10-21-8-6-11(16)7-9-21/h2-5,11H,6-10H2,1H3,(H,18,19). The molecule has 1 aromatic carbocycles. The molecule has 4 aliphatic rings. The van der Waals surface area contributed by atoms with Gasteiger partial charge in [-0.2, -0.15) is 0 Å². The van der Waals surface area contributed by atoms with Gasteiger partial charge in [0.05, 0.1) is 17.6 Å². The van der Waals surface area contributed by atoms with Gasteiger partial charge in [0.2, 0.25) is 5.72 Å². The molecule has 6 heteroatoms. The van der Waals surface area contributed by atoms with Crippen LogP contribution in [0.4, 0.5) is 0 Å². The van der Waals surface area contributed by atoms with Crippen molar-refractivity contribution in [3.63, 3.8) is 0 Å². The molecule has 5 heterocycles. The highest BCUT2D eigenvalue weighted by molar-refractivity contribution is 5.99. The molecule has 3 fully saturated rings. The van der Waals surface area contributed by atoms with Gasteiger partial charge in [0.25, 0.3) is 0 Å². The molecule has 1 unspecified atom stereocenters. The first-order valence-corrected chi connectivity index (χ1v) is 7.93. The molecule has 1 aromatic heterocycles. The van der Waals surface area contributed by atoms with E-state index in [2.05, 4.69) is 21.0 Å². The fourth-order valence-corrected chi connectivity index (χ4v) is 4.06. The van der Waals surface area contributed by atoms with Gasteiger partial charge in [0.1, 0.15) is 0 Å². The third kappa shape index (κ3) is 1.62. The van der Waals surface area contributed by atoms with Gasteiger partial charge in [-0.15, -0.1) is 0 Å². The van der Waals surface area contributed by atoms with E-state index in [4.69, 9.17) is 14.8 Å². The normalized spacial score (nSPS) is 33.4. The molecule has 0 aliphatic carbocycles. The number of hydrogen-bond acceptors (Lipinski definition) is 5. The van der Waals surface area contributed by atoms with Crippen molar-refractivity contribution in [3.05, 3.63) is 30.1 Å². The summed E-state index contributed by atoms with van der Waals surface area (Å²) >= 11 is 0. The molecular formula is C16H19N5O. The second kappa shape index (κ2) is 4.30. The third-order valence-electron chi connectivity index (χ3n) is 5.30. The van der Waals surface area contributed by atoms with E-state index in [-0.39, 0.29) is 0 Å². The van der Waals surface area contributed by atoms with Gasteiger partial charge in [-0.1, -0.05) is 12.1 Å². The number of piperidine rings is 3. The van der Waals surface area contributed by atoms with Crippen LogP contribution in [0.5, 0.6) is 0 Å². The number of imidazole rings is 1. The first kappa shape index (κ1) is 12.6. The molecular weight excluding hydrogens is 278 g/mol. The number of fused-ring (bicyclic) bond motifs is 3. The van der Waals surface area contributed by atoms with Gasteiger partial charge in [-0.05, 0) is 38.1 Å². The lowest BCUT2D eigenvalue weighted by molar-refractivity contribution is -0.155. The Morgan fingerprint density at radius 2 is 2.09 bits per heavy atom. The second-order valence-electron chi connectivity index (χ2n) is 6.54. The maximum Gasteiger partial charge on any atom is 0.203 e. The monoisotopic (exact) mass is 297 g/mol. The summed E-state index contributed by atoms with van der Waals surface area (Å²) in [6.45, 7) is 3.23. The fraction of sp³-hybridized carbons (Fsp3) is 0.500. The maximum atomic E-state index is 5.98. The number of benzene rings is 1. The number of rotatable bonds is 1. The third-order valence-corrected chi connectivity index (χ3v) is 5.30. The van der Waals surface area contributed by atoms with E-state index in [9.17, 15) is 0 Å². The molecule has 0 saturated carbocycles. The van der Waals surface area contributed by atoms with Gasteiger partial charge >= 0.3 is 0 Å². The van der Waals surface area contributed by atoms with E-state index in [0.29, 0.717) is 5.92 Å². The molecule has 6 rings (SSSR count). The topological polar surface area (TPSA) is 54.7 Å². The molecule has 4 aliphatic heterocycles. The summed E-state index contributed by atoms with van der Waals surface area (Å²) in [4.78, 5) is 18.1. The Kier molecular flexibility index (Phi) is 2.46. The summed E-state index contributed by atoms with van der Waals surface area (Å²) in [6, 6.07) is 8.14. The SMILES string of the molecule is Cn1c(C2=NC3(CN4CCC3CC4)ON2)nc2ccccc21. The van der Waals surface area contributed by atoms with Crippen molar-refractivity contribution in [2.45, 2.75) is 18.6 Å². The van der Waals surface area contributed by atoms with Crippen molar-refractivity contribution in [1.29, 1.82) is 0 Å². The average Bonchev–Trinajstić information content (AvgIpc) is 3.11. The number of nitrogens with one attached hydrogen (secondary N) is 1. The molecule has 114 valence electrons. The van der Waals surface area contributed by atoms with Crippen molar-refractivity contribution in [2.75, 3.05) is 19.6 Å². The van der Waals surface area contributed by atoms with Gasteiger partial charge in [-0.3, -0.25) is 4.90 Å². The second-order valence-corrected chi connectivity index (χ2v) is 6.54. The minimum atomic E-state index is -0.413. The summed E-state index contributed by atoms with van der Waals surface area (Å²) in [5, 5.41) is 0. The summed E-state index contributed by atoms with van der Waals surface area (Å²) < 4.78 is 2.07. The van der Waals surface area contributed by atoms with Crippen molar-refractivity contribution in [3.8, 4) is 0 Å². The molecule has 1 atom stereocenters. The number of hydrogen-bond donors (Lipinski definition) is 1. The minimum absolute atomic E-state index is 0.413. The van der Waals surface area contributed by atoms with Crippen LogP contribution in [0.3, 0.4) is 0 Å². The highest BCUT2D eigenvalue weighted by atomic mass is 16.7. The zero-order valence-corrected chi connectivity index (χ0v) is 12.6. The Labute approximate surface area is 128 Å². The predicted octanol–water partition coefficient (Wildman–Crippen LogP) is 1.28. The lowest BCUT2D eigenvalue weighted by atomic mass is 9.81. The molecule has 2 aromatic rings. The number of nitrogens with zero attached hydrogens (tertiary/aromatic N) is 4. The summed E-state index contributed by atoms with van der Waals surface area (Å²) in [5.41, 5.74) is 4.74. The Balaban J connectivity index is 1.58. The van der Waals surface area contributed by atoms with E-state index in [1.807, 2.05) is 25.2 Å². The van der Waals surface area contributed by atoms with Crippen LogP contribution in [0.25, 0.3) is 11.0 Å². The fourth-order valence-electron chi connectivity index (χ4n) is 4.06. The first-order valence-electron chi connectivity index (χ1n) is 7.93. The minimum Gasteiger partial charge on any atom is -0.324 e. The molecule has 1 N–H and O–H groups in total. The van der Waals surface area contributed by atoms with Gasteiger partial charge in [0.15, 0.2) is 11.7 Å². The van der Waals surface area contributed by atoms with Crippen LogP contribution in [-0.4, -0.2) is 45.6 Å². The van der Waals surface area contributed by atoms with Crippen LogP contribution >= 0.6 is 0 Å². The largest absolute Gasteiger partial charge is 0.324 e. The van der Waals surface area contributed by atoms with Gasteiger partial charge in [-0.25, -0.2) is 20.3 Å².